The maximum atomic E-state index is 13.5. The van der Waals surface area contributed by atoms with Gasteiger partial charge in [-0.2, -0.15) is 0 Å². The molecule has 0 spiro atoms. The van der Waals surface area contributed by atoms with Crippen LogP contribution in [0.15, 0.2) is 83.9 Å². The third-order valence-electron chi connectivity index (χ3n) is 5.45. The third kappa shape index (κ3) is 3.26. The summed E-state index contributed by atoms with van der Waals surface area (Å²) in [4.78, 5) is 6.95. The van der Waals surface area contributed by atoms with Crippen LogP contribution in [0, 0.1) is 0 Å². The summed E-state index contributed by atoms with van der Waals surface area (Å²) in [6.45, 7) is 3.87. The maximum absolute atomic E-state index is 13.5. The van der Waals surface area contributed by atoms with Crippen molar-refractivity contribution in [2.75, 3.05) is 31.1 Å². The van der Waals surface area contributed by atoms with Crippen molar-refractivity contribution in [3.05, 3.63) is 79.0 Å². The molecule has 0 unspecified atom stereocenters. The molecule has 0 amide bonds. The van der Waals surface area contributed by atoms with Crippen LogP contribution in [0.5, 0.6) is 0 Å². The van der Waals surface area contributed by atoms with Crippen molar-refractivity contribution in [3.63, 3.8) is 0 Å². The highest BCUT2D eigenvalue weighted by Gasteiger charge is 2.24. The minimum absolute atomic E-state index is 0.242. The Morgan fingerprint density at radius 2 is 1.60 bits per heavy atom. The summed E-state index contributed by atoms with van der Waals surface area (Å²) in [5, 5.41) is 4.15. The standard InChI is InChI=1S/C23H22N4O2S/c28-30(29,21-6-2-1-3-7-21)27-22(17-19-5-4-12-25-23(19)27)18-8-10-20(11-9-18)26-15-13-24-14-16-26/h1-12,17,24H,13-16H2. The molecule has 5 rings (SSSR count). The van der Waals surface area contributed by atoms with E-state index in [4.69, 9.17) is 0 Å². The van der Waals surface area contributed by atoms with E-state index < -0.39 is 10.0 Å². The van der Waals surface area contributed by atoms with Crippen molar-refractivity contribution in [3.8, 4) is 11.3 Å². The summed E-state index contributed by atoms with van der Waals surface area (Å²) < 4.78 is 28.4. The van der Waals surface area contributed by atoms with Crippen molar-refractivity contribution < 1.29 is 8.42 Å². The molecule has 3 heterocycles. The smallest absolute Gasteiger partial charge is 0.269 e. The number of hydrogen-bond donors (Lipinski definition) is 1. The number of anilines is 1. The predicted molar refractivity (Wildman–Crippen MR) is 119 cm³/mol. The van der Waals surface area contributed by atoms with Gasteiger partial charge in [-0.3, -0.25) is 0 Å². The van der Waals surface area contributed by atoms with Gasteiger partial charge >= 0.3 is 0 Å². The average Bonchev–Trinajstić information content (AvgIpc) is 3.21. The van der Waals surface area contributed by atoms with Gasteiger partial charge in [-0.05, 0) is 48.0 Å². The Morgan fingerprint density at radius 1 is 0.867 bits per heavy atom. The van der Waals surface area contributed by atoms with Crippen LogP contribution < -0.4 is 10.2 Å². The van der Waals surface area contributed by atoms with E-state index in [1.165, 1.54) is 3.97 Å². The molecule has 30 heavy (non-hydrogen) atoms. The molecule has 0 saturated carbocycles. The van der Waals surface area contributed by atoms with Gasteiger partial charge in [0.2, 0.25) is 0 Å². The molecule has 7 heteroatoms. The van der Waals surface area contributed by atoms with Gasteiger partial charge in [0.1, 0.15) is 0 Å². The molecule has 0 aliphatic carbocycles. The van der Waals surface area contributed by atoms with Gasteiger partial charge in [0.05, 0.1) is 10.6 Å². The molecular weight excluding hydrogens is 396 g/mol. The van der Waals surface area contributed by atoms with E-state index in [0.717, 1.165) is 42.8 Å². The molecule has 4 aromatic rings. The normalized spacial score (nSPS) is 14.9. The summed E-state index contributed by atoms with van der Waals surface area (Å²) >= 11 is 0. The molecule has 2 aromatic carbocycles. The van der Waals surface area contributed by atoms with E-state index >= 15 is 0 Å². The number of fused-ring (bicyclic) bond motifs is 1. The number of nitrogens with zero attached hydrogens (tertiary/aromatic N) is 3. The number of aromatic nitrogens is 2. The molecule has 1 fully saturated rings. The van der Waals surface area contributed by atoms with Crippen molar-refractivity contribution in [2.45, 2.75) is 4.90 Å². The van der Waals surface area contributed by atoms with Gasteiger partial charge in [-0.1, -0.05) is 30.3 Å². The van der Waals surface area contributed by atoms with Gasteiger partial charge in [0.25, 0.3) is 10.0 Å². The average molecular weight is 419 g/mol. The summed E-state index contributed by atoms with van der Waals surface area (Å²) in [6.07, 6.45) is 1.62. The first-order valence-electron chi connectivity index (χ1n) is 9.98. The summed E-state index contributed by atoms with van der Waals surface area (Å²) in [6, 6.07) is 22.2. The Kier molecular flexibility index (Phi) is 4.77. The number of hydrogen-bond acceptors (Lipinski definition) is 5. The fraction of sp³-hybridized carbons (Fsp3) is 0.174. The lowest BCUT2D eigenvalue weighted by Gasteiger charge is -2.29. The summed E-state index contributed by atoms with van der Waals surface area (Å²) in [7, 11) is -3.80. The second kappa shape index (κ2) is 7.59. The largest absolute Gasteiger partial charge is 0.369 e. The Balaban J connectivity index is 1.64. The van der Waals surface area contributed by atoms with E-state index in [2.05, 4.69) is 27.3 Å². The lowest BCUT2D eigenvalue weighted by molar-refractivity contribution is 0.589. The van der Waals surface area contributed by atoms with Crippen LogP contribution in [-0.4, -0.2) is 43.6 Å². The number of benzene rings is 2. The monoisotopic (exact) mass is 418 g/mol. The van der Waals surface area contributed by atoms with Crippen LogP contribution in [0.3, 0.4) is 0 Å². The highest BCUT2D eigenvalue weighted by Crippen LogP contribution is 2.32. The fourth-order valence-corrected chi connectivity index (χ4v) is 5.43. The topological polar surface area (TPSA) is 67.2 Å². The van der Waals surface area contributed by atoms with Gasteiger partial charge < -0.3 is 10.2 Å². The first-order valence-corrected chi connectivity index (χ1v) is 11.4. The first kappa shape index (κ1) is 18.8. The Bertz CT molecular complexity index is 1280. The number of piperazine rings is 1. The van der Waals surface area contributed by atoms with E-state index in [9.17, 15) is 8.42 Å². The molecule has 1 aliphatic heterocycles. The zero-order valence-corrected chi connectivity index (χ0v) is 17.2. The molecule has 6 nitrogen and oxygen atoms in total. The molecule has 1 N–H and O–H groups in total. The van der Waals surface area contributed by atoms with Crippen LogP contribution in [0.1, 0.15) is 0 Å². The first-order chi connectivity index (χ1) is 14.6. The Hall–Kier alpha value is -3.16. The van der Waals surface area contributed by atoms with E-state index in [0.29, 0.717) is 11.3 Å². The zero-order chi connectivity index (χ0) is 20.6. The van der Waals surface area contributed by atoms with Gasteiger partial charge in [0.15, 0.2) is 5.65 Å². The second-order valence-corrected chi connectivity index (χ2v) is 9.10. The van der Waals surface area contributed by atoms with E-state index in [1.54, 1.807) is 36.5 Å². The van der Waals surface area contributed by atoms with Crippen molar-refractivity contribution in [1.82, 2.24) is 14.3 Å². The van der Waals surface area contributed by atoms with Gasteiger partial charge in [-0.15, -0.1) is 0 Å². The lowest BCUT2D eigenvalue weighted by Crippen LogP contribution is -2.43. The van der Waals surface area contributed by atoms with Crippen LogP contribution in [0.4, 0.5) is 5.69 Å². The van der Waals surface area contributed by atoms with Crippen LogP contribution in [-0.2, 0) is 10.0 Å². The number of nitrogens with one attached hydrogen (secondary N) is 1. The number of pyridine rings is 1. The Morgan fingerprint density at radius 3 is 2.33 bits per heavy atom. The van der Waals surface area contributed by atoms with Crippen LogP contribution >= 0.6 is 0 Å². The molecule has 0 bridgehead atoms. The van der Waals surface area contributed by atoms with Crippen molar-refractivity contribution in [2.24, 2.45) is 0 Å². The molecule has 1 aliphatic rings. The molecule has 152 valence electrons. The Labute approximate surface area is 175 Å². The summed E-state index contributed by atoms with van der Waals surface area (Å²) in [5.41, 5.74) is 3.03. The molecule has 0 atom stereocenters. The van der Waals surface area contributed by atoms with E-state index in [-0.39, 0.29) is 4.90 Å². The summed E-state index contributed by atoms with van der Waals surface area (Å²) in [5.74, 6) is 0. The third-order valence-corrected chi connectivity index (χ3v) is 7.17. The van der Waals surface area contributed by atoms with E-state index in [1.807, 2.05) is 30.3 Å². The molecule has 0 radical (unpaired) electrons. The SMILES string of the molecule is O=S(=O)(c1ccccc1)n1c(-c2ccc(N3CCNCC3)cc2)cc2cccnc21. The highest BCUT2D eigenvalue weighted by atomic mass is 32.2. The number of rotatable bonds is 4. The zero-order valence-electron chi connectivity index (χ0n) is 16.4. The predicted octanol–water partition coefficient (Wildman–Crippen LogP) is 3.35. The second-order valence-electron chi connectivity index (χ2n) is 7.31. The fourth-order valence-electron chi connectivity index (χ4n) is 3.92. The quantitative estimate of drug-likeness (QED) is 0.551. The molecule has 2 aromatic heterocycles. The van der Waals surface area contributed by atoms with Gasteiger partial charge in [0, 0.05) is 43.4 Å². The minimum Gasteiger partial charge on any atom is -0.369 e. The van der Waals surface area contributed by atoms with Crippen molar-refractivity contribution in [1.29, 1.82) is 0 Å². The lowest BCUT2D eigenvalue weighted by atomic mass is 10.1. The molecular formula is C23H22N4O2S. The van der Waals surface area contributed by atoms with Crippen LogP contribution in [0.25, 0.3) is 22.3 Å². The minimum atomic E-state index is -3.80. The van der Waals surface area contributed by atoms with Gasteiger partial charge in [-0.25, -0.2) is 17.4 Å². The van der Waals surface area contributed by atoms with Crippen molar-refractivity contribution >= 4 is 26.7 Å². The maximum Gasteiger partial charge on any atom is 0.269 e. The molecule has 1 saturated heterocycles. The highest BCUT2D eigenvalue weighted by molar-refractivity contribution is 7.90. The van der Waals surface area contributed by atoms with Crippen LogP contribution in [0.2, 0.25) is 0 Å².